The molecule has 0 saturated carbocycles. The van der Waals surface area contributed by atoms with E-state index in [9.17, 15) is 9.59 Å². The minimum absolute atomic E-state index is 0.0726. The minimum atomic E-state index is -0.383. The number of ether oxygens (including phenoxy) is 1. The number of carbonyl (C=O) groups excluding carboxylic acids is 2. The molecule has 1 heterocycles. The van der Waals surface area contributed by atoms with E-state index in [0.717, 1.165) is 5.56 Å². The van der Waals surface area contributed by atoms with Gasteiger partial charge in [0.15, 0.2) is 5.78 Å². The monoisotopic (exact) mass is 334 g/mol. The van der Waals surface area contributed by atoms with Crippen LogP contribution >= 0.6 is 11.3 Å². The fraction of sp³-hybridized carbons (Fsp3) is 0. The largest absolute Gasteiger partial charge is 0.422 e. The molecule has 3 aromatic rings. The van der Waals surface area contributed by atoms with Crippen LogP contribution in [0.2, 0.25) is 0 Å². The Morgan fingerprint density at radius 1 is 0.917 bits per heavy atom. The molecule has 3 nitrogen and oxygen atoms in total. The zero-order valence-corrected chi connectivity index (χ0v) is 13.5. The molecule has 0 N–H and O–H groups in total. The predicted octanol–water partition coefficient (Wildman–Crippen LogP) is 4.86. The van der Waals surface area contributed by atoms with Gasteiger partial charge in [0.25, 0.3) is 0 Å². The van der Waals surface area contributed by atoms with Crippen LogP contribution in [0.3, 0.4) is 0 Å². The number of hydrogen-bond donors (Lipinski definition) is 0. The number of rotatable bonds is 5. The van der Waals surface area contributed by atoms with Crippen molar-refractivity contribution in [3.05, 3.63) is 94.2 Å². The van der Waals surface area contributed by atoms with Gasteiger partial charge in [-0.3, -0.25) is 4.79 Å². The van der Waals surface area contributed by atoms with Crippen molar-refractivity contribution >= 4 is 29.2 Å². The molecule has 0 fully saturated rings. The molecule has 0 unspecified atom stereocenters. The van der Waals surface area contributed by atoms with E-state index < -0.39 is 0 Å². The van der Waals surface area contributed by atoms with Crippen molar-refractivity contribution in [3.63, 3.8) is 0 Å². The van der Waals surface area contributed by atoms with Crippen molar-refractivity contribution in [1.29, 1.82) is 0 Å². The second-order valence-electron chi connectivity index (χ2n) is 5.00. The molecule has 0 atom stereocenters. The van der Waals surface area contributed by atoms with Gasteiger partial charge >= 0.3 is 5.97 Å². The summed E-state index contributed by atoms with van der Waals surface area (Å²) in [5.74, 6) is -0.00853. The first kappa shape index (κ1) is 15.9. The van der Waals surface area contributed by atoms with E-state index in [2.05, 4.69) is 0 Å². The average Bonchev–Trinajstić information content (AvgIpc) is 3.15. The smallest absolute Gasteiger partial charge is 0.353 e. The highest BCUT2D eigenvalue weighted by atomic mass is 32.1. The first-order valence-electron chi connectivity index (χ1n) is 7.35. The van der Waals surface area contributed by atoms with Crippen molar-refractivity contribution in [2.24, 2.45) is 0 Å². The van der Waals surface area contributed by atoms with Gasteiger partial charge in [-0.05, 0) is 35.2 Å². The molecular formula is C20H14O3S. The van der Waals surface area contributed by atoms with Crippen LogP contribution < -0.4 is 4.74 Å². The lowest BCUT2D eigenvalue weighted by molar-refractivity contribution is 0.0739. The highest BCUT2D eigenvalue weighted by Crippen LogP contribution is 2.18. The first-order valence-corrected chi connectivity index (χ1v) is 8.23. The zero-order valence-electron chi connectivity index (χ0n) is 12.7. The Labute approximate surface area is 143 Å². The molecule has 0 aliphatic heterocycles. The van der Waals surface area contributed by atoms with E-state index >= 15 is 0 Å². The molecule has 3 rings (SSSR count). The maximum Gasteiger partial charge on any atom is 0.353 e. The Balaban J connectivity index is 1.70. The van der Waals surface area contributed by atoms with Crippen molar-refractivity contribution in [2.75, 3.05) is 0 Å². The molecule has 24 heavy (non-hydrogen) atoms. The molecule has 118 valence electrons. The summed E-state index contributed by atoms with van der Waals surface area (Å²) in [6.45, 7) is 0. The maximum absolute atomic E-state index is 12.1. The second kappa shape index (κ2) is 7.53. The summed E-state index contributed by atoms with van der Waals surface area (Å²) in [7, 11) is 0. The SMILES string of the molecule is O=C(/C=C/c1cccc(OC(=O)c2cccs2)c1)c1ccccc1. The van der Waals surface area contributed by atoms with Crippen LogP contribution in [-0.2, 0) is 0 Å². The summed E-state index contributed by atoms with van der Waals surface area (Å²) in [5, 5.41) is 1.82. The van der Waals surface area contributed by atoms with E-state index in [1.807, 2.05) is 29.6 Å². The Bertz CT molecular complexity index is 865. The number of carbonyl (C=O) groups is 2. The van der Waals surface area contributed by atoms with Gasteiger partial charge in [-0.1, -0.05) is 54.6 Å². The third-order valence-corrected chi connectivity index (χ3v) is 4.13. The molecule has 0 saturated heterocycles. The van der Waals surface area contributed by atoms with E-state index in [4.69, 9.17) is 4.74 Å². The zero-order chi connectivity index (χ0) is 16.8. The average molecular weight is 334 g/mol. The lowest BCUT2D eigenvalue weighted by Gasteiger charge is -2.03. The van der Waals surface area contributed by atoms with Gasteiger partial charge in [0.2, 0.25) is 0 Å². The Morgan fingerprint density at radius 3 is 2.50 bits per heavy atom. The minimum Gasteiger partial charge on any atom is -0.422 e. The van der Waals surface area contributed by atoms with Gasteiger partial charge in [-0.25, -0.2) is 4.79 Å². The number of thiophene rings is 1. The number of hydrogen-bond acceptors (Lipinski definition) is 4. The summed E-state index contributed by atoms with van der Waals surface area (Å²) >= 11 is 1.33. The number of allylic oxidation sites excluding steroid dienone is 1. The molecule has 0 bridgehead atoms. The summed E-state index contributed by atoms with van der Waals surface area (Å²) in [5.41, 5.74) is 1.42. The van der Waals surface area contributed by atoms with Gasteiger partial charge in [0.05, 0.1) is 0 Å². The van der Waals surface area contributed by atoms with E-state index in [0.29, 0.717) is 16.2 Å². The topological polar surface area (TPSA) is 43.4 Å². The fourth-order valence-electron chi connectivity index (χ4n) is 2.10. The summed E-state index contributed by atoms with van der Waals surface area (Å²) in [4.78, 5) is 24.6. The van der Waals surface area contributed by atoms with Crippen molar-refractivity contribution < 1.29 is 14.3 Å². The number of esters is 1. The third kappa shape index (κ3) is 4.06. The Kier molecular flexibility index (Phi) is 4.99. The van der Waals surface area contributed by atoms with Gasteiger partial charge in [-0.2, -0.15) is 0 Å². The summed E-state index contributed by atoms with van der Waals surface area (Å²) in [6, 6.07) is 19.6. The van der Waals surface area contributed by atoms with Crippen LogP contribution in [-0.4, -0.2) is 11.8 Å². The van der Waals surface area contributed by atoms with Gasteiger partial charge in [0, 0.05) is 5.56 Å². The first-order chi connectivity index (χ1) is 11.7. The molecule has 2 aromatic carbocycles. The van der Waals surface area contributed by atoms with E-state index in [1.165, 1.54) is 17.4 Å². The lowest BCUT2D eigenvalue weighted by Crippen LogP contribution is -2.06. The molecule has 4 heteroatoms. The van der Waals surface area contributed by atoms with Crippen LogP contribution in [0, 0.1) is 0 Å². The normalized spacial score (nSPS) is 10.7. The Hall–Kier alpha value is -2.98. The molecular weight excluding hydrogens is 320 g/mol. The number of benzene rings is 2. The van der Waals surface area contributed by atoms with Crippen LogP contribution in [0.1, 0.15) is 25.6 Å². The lowest BCUT2D eigenvalue weighted by atomic mass is 10.1. The van der Waals surface area contributed by atoms with Gasteiger partial charge < -0.3 is 4.74 Å². The van der Waals surface area contributed by atoms with E-state index in [-0.39, 0.29) is 11.8 Å². The Morgan fingerprint density at radius 2 is 1.75 bits per heavy atom. The molecule has 1 aromatic heterocycles. The molecule has 0 radical (unpaired) electrons. The van der Waals surface area contributed by atoms with Gasteiger partial charge in [0.1, 0.15) is 10.6 Å². The fourth-order valence-corrected chi connectivity index (χ4v) is 2.70. The van der Waals surface area contributed by atoms with Crippen LogP contribution in [0.15, 0.2) is 78.2 Å². The third-order valence-electron chi connectivity index (χ3n) is 3.28. The summed E-state index contributed by atoms with van der Waals surface area (Å²) in [6.07, 6.45) is 3.22. The van der Waals surface area contributed by atoms with E-state index in [1.54, 1.807) is 48.5 Å². The van der Waals surface area contributed by atoms with Crippen LogP contribution in [0.4, 0.5) is 0 Å². The predicted molar refractivity (Wildman–Crippen MR) is 95.5 cm³/mol. The molecule has 0 amide bonds. The second-order valence-corrected chi connectivity index (χ2v) is 5.95. The van der Waals surface area contributed by atoms with Crippen molar-refractivity contribution in [3.8, 4) is 5.75 Å². The van der Waals surface area contributed by atoms with Crippen LogP contribution in [0.25, 0.3) is 6.08 Å². The number of ketones is 1. The molecule has 0 spiro atoms. The molecule has 0 aliphatic rings. The molecule has 0 aliphatic carbocycles. The maximum atomic E-state index is 12.1. The van der Waals surface area contributed by atoms with Gasteiger partial charge in [-0.15, -0.1) is 11.3 Å². The van der Waals surface area contributed by atoms with Crippen molar-refractivity contribution in [2.45, 2.75) is 0 Å². The van der Waals surface area contributed by atoms with Crippen molar-refractivity contribution in [1.82, 2.24) is 0 Å². The van der Waals surface area contributed by atoms with Crippen LogP contribution in [0.5, 0.6) is 5.75 Å². The summed E-state index contributed by atoms with van der Waals surface area (Å²) < 4.78 is 5.34. The quantitative estimate of drug-likeness (QED) is 0.289. The highest BCUT2D eigenvalue weighted by Gasteiger charge is 2.09. The highest BCUT2D eigenvalue weighted by molar-refractivity contribution is 7.12. The standard InChI is InChI=1S/C20H14O3S/c21-18(16-7-2-1-3-8-16)12-11-15-6-4-9-17(14-15)23-20(22)19-10-5-13-24-19/h1-14H/b12-11+.